The monoisotopic (exact) mass is 426 g/mol. The van der Waals surface area contributed by atoms with E-state index in [-0.39, 0.29) is 17.5 Å². The van der Waals surface area contributed by atoms with Crippen molar-refractivity contribution in [3.8, 4) is 10.6 Å². The summed E-state index contributed by atoms with van der Waals surface area (Å²) in [5.41, 5.74) is 1.05. The van der Waals surface area contributed by atoms with Gasteiger partial charge in [-0.15, -0.1) is 11.3 Å². The van der Waals surface area contributed by atoms with E-state index in [9.17, 15) is 19.7 Å². The molecule has 2 aromatic heterocycles. The summed E-state index contributed by atoms with van der Waals surface area (Å²) in [6, 6.07) is 9.46. The third-order valence-electron chi connectivity index (χ3n) is 4.85. The number of aryl methyl sites for hydroxylation is 1. The highest BCUT2D eigenvalue weighted by atomic mass is 32.1. The minimum atomic E-state index is -0.460. The first-order valence-electron chi connectivity index (χ1n) is 9.28. The van der Waals surface area contributed by atoms with Crippen LogP contribution >= 0.6 is 11.3 Å². The lowest BCUT2D eigenvalue weighted by Gasteiger charge is -2.34. The number of nitro benzene ring substituents is 1. The highest BCUT2D eigenvalue weighted by Crippen LogP contribution is 2.26. The molecule has 154 valence electrons. The maximum atomic E-state index is 12.8. The summed E-state index contributed by atoms with van der Waals surface area (Å²) >= 11 is 1.31. The van der Waals surface area contributed by atoms with Crippen molar-refractivity contribution in [2.75, 3.05) is 26.2 Å². The quantitative estimate of drug-likeness (QED) is 0.468. The number of furan rings is 1. The van der Waals surface area contributed by atoms with Gasteiger partial charge in [-0.3, -0.25) is 19.7 Å². The summed E-state index contributed by atoms with van der Waals surface area (Å²) in [5, 5.41) is 13.1. The van der Waals surface area contributed by atoms with E-state index in [1.165, 1.54) is 23.5 Å². The van der Waals surface area contributed by atoms with Crippen molar-refractivity contribution in [3.63, 3.8) is 0 Å². The third-order valence-corrected chi connectivity index (χ3v) is 5.74. The molecule has 9 nitrogen and oxygen atoms in total. The number of nitrogens with zero attached hydrogens (tertiary/aromatic N) is 4. The Kier molecular flexibility index (Phi) is 5.32. The Morgan fingerprint density at radius 1 is 1.03 bits per heavy atom. The van der Waals surface area contributed by atoms with E-state index < -0.39 is 4.92 Å². The fourth-order valence-corrected chi connectivity index (χ4v) is 4.01. The summed E-state index contributed by atoms with van der Waals surface area (Å²) in [6.07, 6.45) is 0. The van der Waals surface area contributed by atoms with Gasteiger partial charge in [0, 0.05) is 49.3 Å². The van der Waals surface area contributed by atoms with Crippen LogP contribution in [-0.4, -0.2) is 57.7 Å². The van der Waals surface area contributed by atoms with Crippen LogP contribution in [0.1, 0.15) is 26.8 Å². The molecule has 0 atom stereocenters. The number of carbonyl (C=O) groups is 2. The lowest BCUT2D eigenvalue weighted by atomic mass is 10.2. The van der Waals surface area contributed by atoms with Crippen LogP contribution in [0, 0.1) is 17.0 Å². The van der Waals surface area contributed by atoms with Gasteiger partial charge in [0.15, 0.2) is 5.76 Å². The first-order chi connectivity index (χ1) is 14.4. The SMILES string of the molecule is Cc1ccc(C(=O)N2CCN(C(=O)c3csc(-c4ccc([N+](=O)[O-])cc4)n3)CC2)o1. The molecule has 0 unspecified atom stereocenters. The predicted molar refractivity (Wildman–Crippen MR) is 109 cm³/mol. The number of thiazole rings is 1. The molecule has 3 heterocycles. The normalized spacial score (nSPS) is 14.0. The van der Waals surface area contributed by atoms with Gasteiger partial charge in [0.25, 0.3) is 17.5 Å². The van der Waals surface area contributed by atoms with Crippen LogP contribution < -0.4 is 0 Å². The molecule has 10 heteroatoms. The number of non-ortho nitro benzene ring substituents is 1. The molecule has 4 rings (SSSR count). The van der Waals surface area contributed by atoms with Crippen molar-refractivity contribution in [2.24, 2.45) is 0 Å². The number of amides is 2. The molecular formula is C20H18N4O5S. The molecule has 1 saturated heterocycles. The average molecular weight is 426 g/mol. The molecule has 3 aromatic rings. The van der Waals surface area contributed by atoms with E-state index in [1.807, 2.05) is 0 Å². The summed E-state index contributed by atoms with van der Waals surface area (Å²) in [7, 11) is 0. The number of rotatable bonds is 4. The van der Waals surface area contributed by atoms with Crippen LogP contribution in [-0.2, 0) is 0 Å². The number of aromatic nitrogens is 1. The smallest absolute Gasteiger partial charge is 0.289 e. The minimum absolute atomic E-state index is 0.00346. The molecule has 0 N–H and O–H groups in total. The number of piperazine rings is 1. The van der Waals surface area contributed by atoms with E-state index in [1.54, 1.807) is 46.4 Å². The first kappa shape index (κ1) is 19.8. The Morgan fingerprint density at radius 2 is 1.67 bits per heavy atom. The van der Waals surface area contributed by atoms with E-state index >= 15 is 0 Å². The second kappa shape index (κ2) is 8.07. The van der Waals surface area contributed by atoms with E-state index in [0.717, 1.165) is 0 Å². The first-order valence-corrected chi connectivity index (χ1v) is 10.2. The van der Waals surface area contributed by atoms with Gasteiger partial charge in [0.1, 0.15) is 16.5 Å². The topological polar surface area (TPSA) is 110 Å². The molecule has 0 bridgehead atoms. The zero-order chi connectivity index (χ0) is 21.3. The largest absolute Gasteiger partial charge is 0.456 e. The molecule has 0 saturated carbocycles. The molecule has 1 fully saturated rings. The number of hydrogen-bond acceptors (Lipinski definition) is 7. The Balaban J connectivity index is 1.39. The number of nitro groups is 1. The van der Waals surface area contributed by atoms with Crippen molar-refractivity contribution >= 4 is 28.8 Å². The number of carbonyl (C=O) groups excluding carboxylic acids is 2. The van der Waals surface area contributed by atoms with Crippen LogP contribution in [0.25, 0.3) is 10.6 Å². The molecule has 0 aliphatic carbocycles. The molecule has 1 aliphatic heterocycles. The van der Waals surface area contributed by atoms with Gasteiger partial charge in [-0.2, -0.15) is 0 Å². The molecule has 2 amide bonds. The Morgan fingerprint density at radius 3 is 2.23 bits per heavy atom. The minimum Gasteiger partial charge on any atom is -0.456 e. The zero-order valence-corrected chi connectivity index (χ0v) is 16.9. The summed E-state index contributed by atoms with van der Waals surface area (Å²) in [6.45, 7) is 3.45. The number of benzene rings is 1. The average Bonchev–Trinajstić information content (AvgIpc) is 3.42. The summed E-state index contributed by atoms with van der Waals surface area (Å²) in [5.74, 6) is 0.615. The van der Waals surface area contributed by atoms with E-state index in [2.05, 4.69) is 4.98 Å². The third kappa shape index (κ3) is 3.94. The molecule has 1 aliphatic rings. The fraction of sp³-hybridized carbons (Fsp3) is 0.250. The predicted octanol–water partition coefficient (Wildman–Crippen LogP) is 3.22. The lowest BCUT2D eigenvalue weighted by molar-refractivity contribution is -0.384. The van der Waals surface area contributed by atoms with Crippen LogP contribution in [0.15, 0.2) is 46.2 Å². The van der Waals surface area contributed by atoms with Gasteiger partial charge < -0.3 is 14.2 Å². The zero-order valence-electron chi connectivity index (χ0n) is 16.1. The molecule has 30 heavy (non-hydrogen) atoms. The highest BCUT2D eigenvalue weighted by Gasteiger charge is 2.28. The van der Waals surface area contributed by atoms with E-state index in [4.69, 9.17) is 4.42 Å². The van der Waals surface area contributed by atoms with Gasteiger partial charge in [0.05, 0.1) is 4.92 Å². The van der Waals surface area contributed by atoms with Crippen molar-refractivity contribution in [1.82, 2.24) is 14.8 Å². The van der Waals surface area contributed by atoms with Crippen LogP contribution in [0.2, 0.25) is 0 Å². The molecular weight excluding hydrogens is 408 g/mol. The van der Waals surface area contributed by atoms with Crippen molar-refractivity contribution in [1.29, 1.82) is 0 Å². The summed E-state index contributed by atoms with van der Waals surface area (Å²) in [4.78, 5) is 43.3. The molecule has 0 radical (unpaired) electrons. The van der Waals surface area contributed by atoms with Gasteiger partial charge in [-0.05, 0) is 31.2 Å². The van der Waals surface area contributed by atoms with Gasteiger partial charge in [-0.1, -0.05) is 0 Å². The van der Waals surface area contributed by atoms with Crippen LogP contribution in [0.3, 0.4) is 0 Å². The highest BCUT2D eigenvalue weighted by molar-refractivity contribution is 7.13. The Hall–Kier alpha value is -3.53. The Labute approximate surface area is 175 Å². The van der Waals surface area contributed by atoms with Crippen molar-refractivity contribution in [3.05, 3.63) is 69.1 Å². The van der Waals surface area contributed by atoms with Crippen molar-refractivity contribution < 1.29 is 18.9 Å². The maximum Gasteiger partial charge on any atom is 0.289 e. The van der Waals surface area contributed by atoms with Crippen LogP contribution in [0.5, 0.6) is 0 Å². The van der Waals surface area contributed by atoms with E-state index in [0.29, 0.717) is 54.0 Å². The fourth-order valence-electron chi connectivity index (χ4n) is 3.21. The van der Waals surface area contributed by atoms with Gasteiger partial charge in [0.2, 0.25) is 0 Å². The lowest BCUT2D eigenvalue weighted by Crippen LogP contribution is -2.50. The standard InChI is InChI=1S/C20H18N4O5S/c1-13-2-7-17(29-13)20(26)23-10-8-22(9-11-23)19(25)16-12-30-18(21-16)14-3-5-15(6-4-14)24(27)28/h2-7,12H,8-11H2,1H3. The van der Waals surface area contributed by atoms with Crippen LogP contribution in [0.4, 0.5) is 5.69 Å². The maximum absolute atomic E-state index is 12.8. The molecule has 0 spiro atoms. The summed E-state index contributed by atoms with van der Waals surface area (Å²) < 4.78 is 5.39. The molecule has 1 aromatic carbocycles. The Bertz CT molecular complexity index is 1100. The van der Waals surface area contributed by atoms with Gasteiger partial charge >= 0.3 is 0 Å². The number of hydrogen-bond donors (Lipinski definition) is 0. The van der Waals surface area contributed by atoms with Gasteiger partial charge in [-0.25, -0.2) is 4.98 Å². The van der Waals surface area contributed by atoms with Crippen molar-refractivity contribution in [2.45, 2.75) is 6.92 Å². The second-order valence-corrected chi connectivity index (χ2v) is 7.69. The second-order valence-electron chi connectivity index (χ2n) is 6.84.